The maximum atomic E-state index is 13.1. The van der Waals surface area contributed by atoms with Gasteiger partial charge in [-0.25, -0.2) is 9.78 Å². The maximum absolute atomic E-state index is 13.1. The number of aromatic nitrogens is 1. The van der Waals surface area contributed by atoms with Crippen molar-refractivity contribution in [2.45, 2.75) is 87.4 Å². The molecule has 2 saturated carbocycles. The number of thiazole rings is 1. The Hall–Kier alpha value is -0.750. The highest BCUT2D eigenvalue weighted by Gasteiger charge is 2.33. The molecule has 0 radical (unpaired) electrons. The largest absolute Gasteiger partial charge is 0.324 e. The zero-order chi connectivity index (χ0) is 16.9. The molecular formula is C18H29N3OS2. The van der Waals surface area contributed by atoms with Crippen LogP contribution in [0.3, 0.4) is 0 Å². The highest BCUT2D eigenvalue weighted by atomic mass is 32.2. The van der Waals surface area contributed by atoms with Crippen LogP contribution in [0.15, 0.2) is 10.4 Å². The van der Waals surface area contributed by atoms with Crippen LogP contribution in [0.25, 0.3) is 0 Å². The van der Waals surface area contributed by atoms with E-state index in [1.807, 2.05) is 0 Å². The summed E-state index contributed by atoms with van der Waals surface area (Å²) < 4.78 is 0.831. The Labute approximate surface area is 154 Å². The minimum absolute atomic E-state index is 0.0455. The lowest BCUT2D eigenvalue weighted by molar-refractivity contribution is 0.116. The third kappa shape index (κ3) is 4.66. The average Bonchev–Trinajstić information content (AvgIpc) is 2.81. The van der Waals surface area contributed by atoms with Crippen LogP contribution in [0.5, 0.6) is 0 Å². The van der Waals surface area contributed by atoms with Gasteiger partial charge in [0, 0.05) is 12.1 Å². The number of nitrogens with zero attached hydrogens (tertiary/aromatic N) is 2. The Morgan fingerprint density at radius 3 is 2.33 bits per heavy atom. The van der Waals surface area contributed by atoms with Crippen molar-refractivity contribution < 1.29 is 4.79 Å². The molecule has 3 rings (SSSR count). The molecule has 134 valence electrons. The van der Waals surface area contributed by atoms with Gasteiger partial charge in [-0.1, -0.05) is 43.9 Å². The normalized spacial score (nSPS) is 25.9. The molecule has 0 aromatic carbocycles. The molecule has 0 aliphatic heterocycles. The van der Waals surface area contributed by atoms with Gasteiger partial charge < -0.3 is 4.90 Å². The summed E-state index contributed by atoms with van der Waals surface area (Å²) in [6.07, 6.45) is 13.9. The number of hydrogen-bond donors (Lipinski definition) is 2. The van der Waals surface area contributed by atoms with Gasteiger partial charge in [0.15, 0.2) is 5.13 Å². The summed E-state index contributed by atoms with van der Waals surface area (Å²) in [7, 11) is 0. The lowest BCUT2D eigenvalue weighted by Crippen LogP contribution is -2.50. The number of anilines is 1. The van der Waals surface area contributed by atoms with Crippen molar-refractivity contribution in [2.24, 2.45) is 5.92 Å². The van der Waals surface area contributed by atoms with Gasteiger partial charge in [0.1, 0.15) is 0 Å². The Balaban J connectivity index is 1.73. The van der Waals surface area contributed by atoms with Gasteiger partial charge in [-0.3, -0.25) is 5.32 Å². The van der Waals surface area contributed by atoms with Crippen molar-refractivity contribution >= 4 is 35.1 Å². The molecule has 2 aliphatic carbocycles. The fraction of sp³-hybridized carbons (Fsp3) is 0.778. The number of nitrogens with one attached hydrogen (secondary N) is 1. The molecule has 0 unspecified atom stereocenters. The lowest BCUT2D eigenvalue weighted by atomic mass is 9.85. The Bertz CT molecular complexity index is 532. The van der Waals surface area contributed by atoms with Crippen LogP contribution < -0.4 is 5.32 Å². The molecule has 2 fully saturated rings. The van der Waals surface area contributed by atoms with Crippen LogP contribution >= 0.6 is 24.0 Å². The second kappa shape index (κ2) is 8.56. The summed E-state index contributed by atoms with van der Waals surface area (Å²) in [5.74, 6) is 0.797. The number of rotatable bonds is 3. The highest BCUT2D eigenvalue weighted by molar-refractivity contribution is 7.83. The number of urea groups is 1. The predicted molar refractivity (Wildman–Crippen MR) is 103 cm³/mol. The summed E-state index contributed by atoms with van der Waals surface area (Å²) in [5.41, 5.74) is 0. The third-order valence-electron chi connectivity index (χ3n) is 5.54. The first-order valence-corrected chi connectivity index (χ1v) is 10.6. The first-order valence-electron chi connectivity index (χ1n) is 9.37. The minimum atomic E-state index is 0.0455. The Morgan fingerprint density at radius 2 is 1.75 bits per heavy atom. The van der Waals surface area contributed by atoms with Crippen molar-refractivity contribution in [1.82, 2.24) is 9.88 Å². The molecule has 1 aromatic heterocycles. The molecule has 24 heavy (non-hydrogen) atoms. The van der Waals surface area contributed by atoms with E-state index in [0.717, 1.165) is 35.8 Å². The van der Waals surface area contributed by atoms with Gasteiger partial charge in [0.05, 0.1) is 10.4 Å². The van der Waals surface area contributed by atoms with E-state index in [4.69, 9.17) is 0 Å². The van der Waals surface area contributed by atoms with E-state index in [9.17, 15) is 4.79 Å². The number of hydrogen-bond acceptors (Lipinski definition) is 4. The lowest BCUT2D eigenvalue weighted by Gasteiger charge is -2.40. The monoisotopic (exact) mass is 367 g/mol. The van der Waals surface area contributed by atoms with Crippen molar-refractivity contribution in [1.29, 1.82) is 0 Å². The van der Waals surface area contributed by atoms with E-state index < -0.39 is 0 Å². The third-order valence-corrected chi connectivity index (χ3v) is 6.64. The van der Waals surface area contributed by atoms with Crippen LogP contribution in [0.1, 0.15) is 71.1 Å². The Kier molecular flexibility index (Phi) is 6.44. The van der Waals surface area contributed by atoms with Gasteiger partial charge in [0.25, 0.3) is 0 Å². The van der Waals surface area contributed by atoms with Gasteiger partial charge in [-0.15, -0.1) is 12.6 Å². The van der Waals surface area contributed by atoms with Crippen molar-refractivity contribution in [3.63, 3.8) is 0 Å². The zero-order valence-electron chi connectivity index (χ0n) is 14.5. The summed E-state index contributed by atoms with van der Waals surface area (Å²) in [6, 6.07) is 0.824. The van der Waals surface area contributed by atoms with Crippen LogP contribution in [0.2, 0.25) is 0 Å². The molecule has 2 aliphatic rings. The molecule has 0 bridgehead atoms. The average molecular weight is 368 g/mol. The van der Waals surface area contributed by atoms with E-state index >= 15 is 0 Å². The molecule has 1 heterocycles. The smallest absolute Gasteiger partial charge is 0.319 e. The standard InChI is InChI=1S/C18H29N3OS2/c1-13-8-10-15(11-9-13)21(14-6-4-2-3-5-7-14)18(22)20-17-19-12-16(23)24-17/h12-15,23H,2-11H2,1H3,(H,19,20,22). The van der Waals surface area contributed by atoms with E-state index in [0.29, 0.717) is 17.2 Å². The fourth-order valence-electron chi connectivity index (χ4n) is 4.17. The number of amides is 2. The molecule has 2 amide bonds. The second-order valence-corrected chi connectivity index (χ2v) is 9.22. The number of thiol groups is 1. The molecule has 1 N–H and O–H groups in total. The van der Waals surface area contributed by atoms with Crippen LogP contribution in [0.4, 0.5) is 9.93 Å². The van der Waals surface area contributed by atoms with Crippen molar-refractivity contribution in [2.75, 3.05) is 5.32 Å². The van der Waals surface area contributed by atoms with Gasteiger partial charge in [0.2, 0.25) is 0 Å². The van der Waals surface area contributed by atoms with Gasteiger partial charge >= 0.3 is 6.03 Å². The first kappa shape index (κ1) is 18.1. The zero-order valence-corrected chi connectivity index (χ0v) is 16.2. The van der Waals surface area contributed by atoms with E-state index in [1.54, 1.807) is 6.20 Å². The minimum Gasteiger partial charge on any atom is -0.319 e. The fourth-order valence-corrected chi connectivity index (χ4v) is 5.03. The SMILES string of the molecule is CC1CCC(N(C(=O)Nc2ncc(S)s2)C2CCCCCC2)CC1. The van der Waals surface area contributed by atoms with E-state index in [1.165, 1.54) is 49.9 Å². The summed E-state index contributed by atoms with van der Waals surface area (Å²) in [5, 5.41) is 3.69. The topological polar surface area (TPSA) is 45.2 Å². The molecule has 4 nitrogen and oxygen atoms in total. The van der Waals surface area contributed by atoms with Crippen molar-refractivity contribution in [3.05, 3.63) is 6.20 Å². The second-order valence-electron chi connectivity index (χ2n) is 7.40. The van der Waals surface area contributed by atoms with Gasteiger partial charge in [-0.2, -0.15) is 0 Å². The molecule has 6 heteroatoms. The number of carbonyl (C=O) groups is 1. The number of carbonyl (C=O) groups excluding carboxylic acids is 1. The van der Waals surface area contributed by atoms with E-state index in [2.05, 4.69) is 34.8 Å². The van der Waals surface area contributed by atoms with Crippen LogP contribution in [-0.2, 0) is 0 Å². The van der Waals surface area contributed by atoms with Crippen LogP contribution in [-0.4, -0.2) is 28.0 Å². The molecule has 0 spiro atoms. The summed E-state index contributed by atoms with van der Waals surface area (Å²) in [6.45, 7) is 2.33. The van der Waals surface area contributed by atoms with Gasteiger partial charge in [-0.05, 0) is 44.4 Å². The van der Waals surface area contributed by atoms with E-state index in [-0.39, 0.29) is 6.03 Å². The Morgan fingerprint density at radius 1 is 1.12 bits per heavy atom. The summed E-state index contributed by atoms with van der Waals surface area (Å²) in [4.78, 5) is 19.5. The highest BCUT2D eigenvalue weighted by Crippen LogP contribution is 2.32. The molecule has 0 saturated heterocycles. The van der Waals surface area contributed by atoms with Crippen LogP contribution in [0, 0.1) is 5.92 Å². The quantitative estimate of drug-likeness (QED) is 0.542. The first-order chi connectivity index (χ1) is 11.6. The molecule has 1 aromatic rings. The predicted octanol–water partition coefficient (Wildman–Crippen LogP) is 5.57. The molecular weight excluding hydrogens is 338 g/mol. The molecule has 0 atom stereocenters. The summed E-state index contributed by atoms with van der Waals surface area (Å²) >= 11 is 5.72. The maximum Gasteiger partial charge on any atom is 0.324 e. The van der Waals surface area contributed by atoms with Crippen molar-refractivity contribution in [3.8, 4) is 0 Å².